The number of rotatable bonds is 4. The Hall–Kier alpha value is -3.02. The van der Waals surface area contributed by atoms with Gasteiger partial charge in [-0.1, -0.05) is 18.2 Å². The molecule has 0 aliphatic heterocycles. The summed E-state index contributed by atoms with van der Waals surface area (Å²) in [7, 11) is 0. The topological polar surface area (TPSA) is 81.0 Å². The van der Waals surface area contributed by atoms with Crippen molar-refractivity contribution in [2.75, 3.05) is 5.32 Å². The molecule has 0 amide bonds. The van der Waals surface area contributed by atoms with E-state index in [1.165, 1.54) is 6.07 Å². The lowest BCUT2D eigenvalue weighted by Gasteiger charge is -2.07. The van der Waals surface area contributed by atoms with Crippen LogP contribution in [0.15, 0.2) is 54.9 Å². The number of fused-ring (bicyclic) bond motifs is 1. The molecule has 0 saturated carbocycles. The normalized spacial score (nSPS) is 10.5. The van der Waals surface area contributed by atoms with Crippen LogP contribution in [0.3, 0.4) is 0 Å². The van der Waals surface area contributed by atoms with Crippen molar-refractivity contribution in [1.82, 2.24) is 9.97 Å². The molecule has 0 bridgehead atoms. The Labute approximate surface area is 120 Å². The Morgan fingerprint density at radius 2 is 1.81 bits per heavy atom. The van der Waals surface area contributed by atoms with E-state index in [-0.39, 0.29) is 10.6 Å². The third-order valence-electron chi connectivity index (χ3n) is 3.14. The molecule has 0 aliphatic rings. The lowest BCUT2D eigenvalue weighted by molar-refractivity contribution is -0.385. The summed E-state index contributed by atoms with van der Waals surface area (Å²) >= 11 is 0. The van der Waals surface area contributed by atoms with Crippen LogP contribution in [-0.4, -0.2) is 14.9 Å². The molecule has 0 radical (unpaired) electrons. The molecule has 1 heterocycles. The molecule has 6 heteroatoms. The number of hydrogen-bond donors (Lipinski definition) is 1. The molecule has 0 atom stereocenters. The minimum Gasteiger partial charge on any atom is -0.381 e. The maximum atomic E-state index is 11.0. The van der Waals surface area contributed by atoms with Gasteiger partial charge in [0.1, 0.15) is 0 Å². The molecule has 2 aromatic carbocycles. The molecule has 6 nitrogen and oxygen atoms in total. The predicted octanol–water partition coefficient (Wildman–Crippen LogP) is 3.15. The van der Waals surface area contributed by atoms with Crippen LogP contribution in [0.5, 0.6) is 0 Å². The van der Waals surface area contributed by atoms with Crippen molar-refractivity contribution in [2.24, 2.45) is 0 Å². The van der Waals surface area contributed by atoms with Gasteiger partial charge in [-0.25, -0.2) is 0 Å². The van der Waals surface area contributed by atoms with Gasteiger partial charge in [-0.2, -0.15) is 0 Å². The number of nitrogens with one attached hydrogen (secondary N) is 1. The quantitative estimate of drug-likeness (QED) is 0.586. The molecule has 3 aromatic rings. The van der Waals surface area contributed by atoms with Crippen LogP contribution in [0.4, 0.5) is 11.4 Å². The fourth-order valence-corrected chi connectivity index (χ4v) is 2.11. The van der Waals surface area contributed by atoms with Gasteiger partial charge in [0.05, 0.1) is 16.0 Å². The highest BCUT2D eigenvalue weighted by molar-refractivity contribution is 5.78. The van der Waals surface area contributed by atoms with Crippen molar-refractivity contribution < 1.29 is 4.92 Å². The molecule has 1 aromatic heterocycles. The van der Waals surface area contributed by atoms with E-state index < -0.39 is 0 Å². The van der Waals surface area contributed by atoms with Crippen LogP contribution >= 0.6 is 0 Å². The molecular formula is C15H12N4O2. The first-order valence-corrected chi connectivity index (χ1v) is 6.41. The molecule has 0 unspecified atom stereocenters. The number of hydrogen-bond acceptors (Lipinski definition) is 5. The highest BCUT2D eigenvalue weighted by Crippen LogP contribution is 2.20. The van der Waals surface area contributed by atoms with Crippen LogP contribution in [0.2, 0.25) is 0 Å². The zero-order valence-electron chi connectivity index (χ0n) is 11.1. The van der Waals surface area contributed by atoms with Crippen molar-refractivity contribution >= 4 is 22.4 Å². The van der Waals surface area contributed by atoms with E-state index in [1.54, 1.807) is 30.6 Å². The van der Waals surface area contributed by atoms with Crippen molar-refractivity contribution in [3.05, 3.63) is 70.5 Å². The van der Waals surface area contributed by atoms with Crippen LogP contribution in [0.1, 0.15) is 5.56 Å². The minimum absolute atomic E-state index is 0.116. The molecule has 3 rings (SSSR count). The zero-order valence-corrected chi connectivity index (χ0v) is 11.1. The van der Waals surface area contributed by atoms with E-state index in [0.717, 1.165) is 16.7 Å². The molecular weight excluding hydrogens is 268 g/mol. The Morgan fingerprint density at radius 3 is 2.62 bits per heavy atom. The highest BCUT2D eigenvalue weighted by atomic mass is 16.6. The van der Waals surface area contributed by atoms with Gasteiger partial charge < -0.3 is 5.32 Å². The van der Waals surface area contributed by atoms with E-state index in [1.807, 2.05) is 18.2 Å². The standard InChI is InChI=1S/C15H12N4O2/c20-19(21)15-4-2-1-3-11(15)10-18-12-5-6-13-14(9-12)17-8-7-16-13/h1-9,18H,10H2. The molecule has 0 fully saturated rings. The van der Waals surface area contributed by atoms with Gasteiger partial charge in [-0.15, -0.1) is 0 Å². The van der Waals surface area contributed by atoms with Crippen LogP contribution in [0, 0.1) is 10.1 Å². The highest BCUT2D eigenvalue weighted by Gasteiger charge is 2.11. The number of nitrogens with zero attached hydrogens (tertiary/aromatic N) is 3. The van der Waals surface area contributed by atoms with E-state index in [2.05, 4.69) is 15.3 Å². The second-order valence-corrected chi connectivity index (χ2v) is 4.50. The van der Waals surface area contributed by atoms with E-state index in [4.69, 9.17) is 0 Å². The van der Waals surface area contributed by atoms with E-state index in [9.17, 15) is 10.1 Å². The summed E-state index contributed by atoms with van der Waals surface area (Å²) in [5.41, 5.74) is 3.20. The number of nitro benzene ring substituents is 1. The monoisotopic (exact) mass is 280 g/mol. The Morgan fingerprint density at radius 1 is 1.05 bits per heavy atom. The minimum atomic E-state index is -0.372. The lowest BCUT2D eigenvalue weighted by atomic mass is 10.1. The molecule has 0 saturated heterocycles. The summed E-state index contributed by atoms with van der Waals surface area (Å²) in [4.78, 5) is 19.0. The van der Waals surface area contributed by atoms with Gasteiger partial charge in [0, 0.05) is 36.3 Å². The fraction of sp³-hybridized carbons (Fsp3) is 0.0667. The maximum absolute atomic E-state index is 11.0. The summed E-state index contributed by atoms with van der Waals surface area (Å²) < 4.78 is 0. The van der Waals surface area contributed by atoms with Gasteiger partial charge in [-0.3, -0.25) is 20.1 Å². The van der Waals surface area contributed by atoms with Gasteiger partial charge in [0.2, 0.25) is 0 Å². The second-order valence-electron chi connectivity index (χ2n) is 4.50. The van der Waals surface area contributed by atoms with E-state index >= 15 is 0 Å². The van der Waals surface area contributed by atoms with Crippen molar-refractivity contribution in [3.8, 4) is 0 Å². The van der Waals surface area contributed by atoms with Gasteiger partial charge in [-0.05, 0) is 18.2 Å². The predicted molar refractivity (Wildman–Crippen MR) is 80.0 cm³/mol. The molecule has 0 aliphatic carbocycles. The first-order chi connectivity index (χ1) is 10.2. The van der Waals surface area contributed by atoms with Crippen molar-refractivity contribution in [1.29, 1.82) is 0 Å². The fourth-order valence-electron chi connectivity index (χ4n) is 2.11. The molecule has 0 spiro atoms. The summed E-state index contributed by atoms with van der Waals surface area (Å²) in [6.45, 7) is 0.378. The summed E-state index contributed by atoms with van der Waals surface area (Å²) in [5, 5.41) is 14.1. The van der Waals surface area contributed by atoms with Crippen LogP contribution < -0.4 is 5.32 Å². The van der Waals surface area contributed by atoms with Gasteiger partial charge in [0.15, 0.2) is 0 Å². The van der Waals surface area contributed by atoms with Crippen LogP contribution in [-0.2, 0) is 6.54 Å². The molecule has 104 valence electrons. The maximum Gasteiger partial charge on any atom is 0.274 e. The van der Waals surface area contributed by atoms with Gasteiger partial charge in [0.25, 0.3) is 5.69 Å². The summed E-state index contributed by atoms with van der Waals surface area (Å²) in [6, 6.07) is 12.3. The summed E-state index contributed by atoms with van der Waals surface area (Å²) in [5.74, 6) is 0. The largest absolute Gasteiger partial charge is 0.381 e. The Bertz CT molecular complexity index is 804. The lowest BCUT2D eigenvalue weighted by Crippen LogP contribution is -2.03. The van der Waals surface area contributed by atoms with Crippen molar-refractivity contribution in [3.63, 3.8) is 0 Å². The first kappa shape index (κ1) is 13.0. The summed E-state index contributed by atoms with van der Waals surface area (Å²) in [6.07, 6.45) is 3.27. The zero-order chi connectivity index (χ0) is 14.7. The first-order valence-electron chi connectivity index (χ1n) is 6.41. The average molecular weight is 280 g/mol. The third-order valence-corrected chi connectivity index (χ3v) is 3.14. The number of anilines is 1. The molecule has 1 N–H and O–H groups in total. The number of aromatic nitrogens is 2. The van der Waals surface area contributed by atoms with E-state index in [0.29, 0.717) is 12.1 Å². The Kier molecular flexibility index (Phi) is 3.42. The van der Waals surface area contributed by atoms with Crippen molar-refractivity contribution in [2.45, 2.75) is 6.54 Å². The number of nitro groups is 1. The number of benzene rings is 2. The smallest absolute Gasteiger partial charge is 0.274 e. The third kappa shape index (κ3) is 2.79. The Balaban J connectivity index is 1.82. The molecule has 21 heavy (non-hydrogen) atoms. The number of para-hydroxylation sites is 1. The van der Waals surface area contributed by atoms with Crippen LogP contribution in [0.25, 0.3) is 11.0 Å². The average Bonchev–Trinajstić information content (AvgIpc) is 2.53. The second kappa shape index (κ2) is 5.54. The van der Waals surface area contributed by atoms with Gasteiger partial charge >= 0.3 is 0 Å². The SMILES string of the molecule is O=[N+]([O-])c1ccccc1CNc1ccc2nccnc2c1.